The van der Waals surface area contributed by atoms with Crippen molar-refractivity contribution in [1.82, 2.24) is 5.01 Å². The molecule has 1 aromatic rings. The lowest BCUT2D eigenvalue weighted by Crippen LogP contribution is -2.33. The van der Waals surface area contributed by atoms with Crippen LogP contribution in [0.3, 0.4) is 0 Å². The fourth-order valence-corrected chi connectivity index (χ4v) is 3.07. The summed E-state index contributed by atoms with van der Waals surface area (Å²) in [5, 5.41) is 6.01. The van der Waals surface area contributed by atoms with E-state index in [1.807, 2.05) is 12.1 Å². The predicted molar refractivity (Wildman–Crippen MR) is 80.9 cm³/mol. The number of carbonyl (C=O) groups is 1. The van der Waals surface area contributed by atoms with Crippen molar-refractivity contribution in [2.24, 2.45) is 5.10 Å². The van der Waals surface area contributed by atoms with Gasteiger partial charge < -0.3 is 0 Å². The molecule has 0 spiro atoms. The Morgan fingerprint density at radius 2 is 2.32 bits per heavy atom. The molecule has 0 N–H and O–H groups in total. The summed E-state index contributed by atoms with van der Waals surface area (Å²) in [6, 6.07) is 3.82. The zero-order valence-electron chi connectivity index (χ0n) is 11.0. The van der Waals surface area contributed by atoms with E-state index in [2.05, 4.69) is 18.6 Å². The summed E-state index contributed by atoms with van der Waals surface area (Å²) < 4.78 is 0.747. The zero-order valence-corrected chi connectivity index (χ0v) is 12.6. The Kier molecular flexibility index (Phi) is 4.77. The Morgan fingerprint density at radius 3 is 2.95 bits per heavy atom. The van der Waals surface area contributed by atoms with E-state index in [4.69, 9.17) is 11.6 Å². The monoisotopic (exact) mass is 296 g/mol. The Hall–Kier alpha value is -1.13. The molecule has 0 fully saturated rings. The molecule has 102 valence electrons. The van der Waals surface area contributed by atoms with Crippen molar-refractivity contribution in [3.8, 4) is 0 Å². The number of rotatable bonds is 5. The Labute approximate surface area is 122 Å². The minimum Gasteiger partial charge on any atom is -0.273 e. The van der Waals surface area contributed by atoms with Crippen LogP contribution in [0.4, 0.5) is 0 Å². The highest BCUT2D eigenvalue weighted by molar-refractivity contribution is 7.18. The van der Waals surface area contributed by atoms with Crippen LogP contribution in [-0.4, -0.2) is 23.2 Å². The first-order valence-corrected chi connectivity index (χ1v) is 7.59. The number of nitrogens with zero attached hydrogens (tertiary/aromatic N) is 2. The number of amides is 1. The summed E-state index contributed by atoms with van der Waals surface area (Å²) in [6.07, 6.45) is 3.16. The predicted octanol–water partition coefficient (Wildman–Crippen LogP) is 4.08. The highest BCUT2D eigenvalue weighted by atomic mass is 35.5. The van der Waals surface area contributed by atoms with Crippen molar-refractivity contribution in [2.45, 2.75) is 32.6 Å². The minimum atomic E-state index is 0.0728. The van der Waals surface area contributed by atoms with E-state index in [0.717, 1.165) is 33.3 Å². The van der Waals surface area contributed by atoms with Crippen LogP contribution in [-0.2, 0) is 4.79 Å². The molecule has 5 heteroatoms. The maximum atomic E-state index is 11.9. The van der Waals surface area contributed by atoms with Crippen LogP contribution >= 0.6 is 22.9 Å². The maximum absolute atomic E-state index is 11.9. The third-order valence-corrected chi connectivity index (χ3v) is 4.22. The second-order valence-corrected chi connectivity index (χ2v) is 6.32. The molecule has 1 amide bonds. The van der Waals surface area contributed by atoms with Crippen molar-refractivity contribution in [2.75, 3.05) is 6.54 Å². The highest BCUT2D eigenvalue weighted by Gasteiger charge is 2.22. The molecule has 0 atom stereocenters. The zero-order chi connectivity index (χ0) is 13.8. The first-order valence-electron chi connectivity index (χ1n) is 6.40. The summed E-state index contributed by atoms with van der Waals surface area (Å²) >= 11 is 7.44. The normalized spacial score (nSPS) is 15.6. The molecule has 0 saturated carbocycles. The van der Waals surface area contributed by atoms with Crippen LogP contribution in [0, 0.1) is 0 Å². The topological polar surface area (TPSA) is 32.7 Å². The number of halogens is 1. The van der Waals surface area contributed by atoms with Gasteiger partial charge >= 0.3 is 0 Å². The molecule has 1 aliphatic rings. The number of hydrazone groups is 1. The van der Waals surface area contributed by atoms with Crippen molar-refractivity contribution in [3.63, 3.8) is 0 Å². The molecule has 2 heterocycles. The lowest BCUT2D eigenvalue weighted by molar-refractivity contribution is -0.131. The quantitative estimate of drug-likeness (QED) is 0.753. The van der Waals surface area contributed by atoms with Crippen LogP contribution in [0.15, 0.2) is 29.4 Å². The summed E-state index contributed by atoms with van der Waals surface area (Å²) in [7, 11) is 0. The van der Waals surface area contributed by atoms with Gasteiger partial charge in [0.15, 0.2) is 0 Å². The summed E-state index contributed by atoms with van der Waals surface area (Å²) in [6.45, 7) is 6.62. The van der Waals surface area contributed by atoms with Gasteiger partial charge in [-0.15, -0.1) is 11.3 Å². The minimum absolute atomic E-state index is 0.0728. The summed E-state index contributed by atoms with van der Waals surface area (Å²) in [5.74, 6) is 0.0728. The van der Waals surface area contributed by atoms with E-state index >= 15 is 0 Å². The molecule has 1 aliphatic heterocycles. The van der Waals surface area contributed by atoms with E-state index in [9.17, 15) is 4.79 Å². The van der Waals surface area contributed by atoms with Crippen LogP contribution in [0.25, 0.3) is 0 Å². The van der Waals surface area contributed by atoms with Gasteiger partial charge in [0.2, 0.25) is 5.91 Å². The molecule has 19 heavy (non-hydrogen) atoms. The fourth-order valence-electron chi connectivity index (χ4n) is 2.02. The van der Waals surface area contributed by atoms with E-state index in [1.165, 1.54) is 11.3 Å². The molecule has 1 aromatic heterocycles. The summed E-state index contributed by atoms with van der Waals surface area (Å²) in [4.78, 5) is 12.9. The van der Waals surface area contributed by atoms with Gasteiger partial charge in [0.1, 0.15) is 0 Å². The van der Waals surface area contributed by atoms with Gasteiger partial charge in [-0.25, -0.2) is 5.01 Å². The van der Waals surface area contributed by atoms with Crippen molar-refractivity contribution in [1.29, 1.82) is 0 Å². The molecule has 0 unspecified atom stereocenters. The number of hydrogen-bond donors (Lipinski definition) is 0. The van der Waals surface area contributed by atoms with E-state index in [-0.39, 0.29) is 5.91 Å². The molecule has 0 radical (unpaired) electrons. The van der Waals surface area contributed by atoms with Crippen LogP contribution in [0.2, 0.25) is 4.34 Å². The lowest BCUT2D eigenvalue weighted by Gasteiger charge is -2.23. The van der Waals surface area contributed by atoms with Gasteiger partial charge in [-0.1, -0.05) is 37.1 Å². The third kappa shape index (κ3) is 3.67. The van der Waals surface area contributed by atoms with Crippen molar-refractivity contribution in [3.05, 3.63) is 33.5 Å². The molecule has 2 rings (SSSR count). The fraction of sp³-hybridized carbons (Fsp3) is 0.429. The molecule has 0 bridgehead atoms. The third-order valence-electron chi connectivity index (χ3n) is 2.94. The molecule has 0 aliphatic carbocycles. The standard InChI is InChI=1S/C14H17ClN2OS/c1-3-4-10(2)9-17-14(18)8-5-11(16-17)12-6-7-13(15)19-12/h6-7H,2-5,8-9H2,1H3. The Bertz CT molecular complexity index is 521. The van der Waals surface area contributed by atoms with Crippen molar-refractivity contribution < 1.29 is 4.79 Å². The van der Waals surface area contributed by atoms with Gasteiger partial charge in [-0.2, -0.15) is 5.10 Å². The lowest BCUT2D eigenvalue weighted by atomic mass is 10.1. The summed E-state index contributed by atoms with van der Waals surface area (Å²) in [5.41, 5.74) is 1.99. The molecule has 0 saturated heterocycles. The van der Waals surface area contributed by atoms with Crippen molar-refractivity contribution >= 4 is 34.6 Å². The second-order valence-electron chi connectivity index (χ2n) is 4.60. The van der Waals surface area contributed by atoms with Gasteiger partial charge in [-0.3, -0.25) is 4.79 Å². The van der Waals surface area contributed by atoms with E-state index < -0.39 is 0 Å². The Morgan fingerprint density at radius 1 is 1.53 bits per heavy atom. The first kappa shape index (κ1) is 14.3. The molecule has 0 aromatic carbocycles. The number of thiophene rings is 1. The van der Waals surface area contributed by atoms with Gasteiger partial charge in [-0.05, 0) is 18.6 Å². The molecular weight excluding hydrogens is 280 g/mol. The molecular formula is C14H17ClN2OS. The van der Waals surface area contributed by atoms with Gasteiger partial charge in [0, 0.05) is 12.8 Å². The van der Waals surface area contributed by atoms with Crippen LogP contribution in [0.5, 0.6) is 0 Å². The van der Waals surface area contributed by atoms with Crippen LogP contribution in [0.1, 0.15) is 37.5 Å². The van der Waals surface area contributed by atoms with E-state index in [1.54, 1.807) is 5.01 Å². The average molecular weight is 297 g/mol. The number of hydrogen-bond acceptors (Lipinski definition) is 3. The maximum Gasteiger partial charge on any atom is 0.243 e. The highest BCUT2D eigenvalue weighted by Crippen LogP contribution is 2.25. The Balaban J connectivity index is 2.13. The number of carbonyl (C=O) groups excluding carboxylic acids is 1. The molecule has 3 nitrogen and oxygen atoms in total. The SMILES string of the molecule is C=C(CCC)CN1N=C(c2ccc(Cl)s2)CCC1=O. The smallest absolute Gasteiger partial charge is 0.243 e. The second kappa shape index (κ2) is 6.35. The van der Waals surface area contributed by atoms with E-state index in [0.29, 0.717) is 19.4 Å². The largest absolute Gasteiger partial charge is 0.273 e. The van der Waals surface area contributed by atoms with Gasteiger partial charge in [0.25, 0.3) is 0 Å². The van der Waals surface area contributed by atoms with Crippen LogP contribution < -0.4 is 0 Å². The average Bonchev–Trinajstić information content (AvgIpc) is 2.79. The first-order chi connectivity index (χ1) is 9.10. The van der Waals surface area contributed by atoms with Gasteiger partial charge in [0.05, 0.1) is 21.5 Å².